The Labute approximate surface area is 121 Å². The second kappa shape index (κ2) is 5.06. The van der Waals surface area contributed by atoms with Gasteiger partial charge in [-0.15, -0.1) is 0 Å². The second-order valence-electron chi connectivity index (χ2n) is 7.03. The van der Waals surface area contributed by atoms with Gasteiger partial charge in [-0.2, -0.15) is 5.10 Å². The molecule has 0 aliphatic carbocycles. The van der Waals surface area contributed by atoms with Crippen LogP contribution in [0, 0.1) is 11.3 Å². The number of aromatic nitrogens is 2. The lowest BCUT2D eigenvalue weighted by Crippen LogP contribution is -2.20. The van der Waals surface area contributed by atoms with Gasteiger partial charge in [0.1, 0.15) is 5.82 Å². The fourth-order valence-corrected chi connectivity index (χ4v) is 4.13. The van der Waals surface area contributed by atoms with E-state index >= 15 is 0 Å². The van der Waals surface area contributed by atoms with E-state index < -0.39 is 9.84 Å². The van der Waals surface area contributed by atoms with Gasteiger partial charge in [0.2, 0.25) is 0 Å². The molecule has 0 radical (unpaired) electrons. The summed E-state index contributed by atoms with van der Waals surface area (Å²) in [6.07, 6.45) is 1.47. The highest BCUT2D eigenvalue weighted by atomic mass is 32.2. The van der Waals surface area contributed by atoms with Crippen LogP contribution in [0.15, 0.2) is 6.07 Å². The van der Waals surface area contributed by atoms with E-state index in [2.05, 4.69) is 32.8 Å². The lowest BCUT2D eigenvalue weighted by atomic mass is 9.79. The average Bonchev–Trinajstić information content (AvgIpc) is 2.80. The normalized spacial score (nSPS) is 23.9. The Morgan fingerprint density at radius 3 is 2.65 bits per heavy atom. The van der Waals surface area contributed by atoms with E-state index in [1.54, 1.807) is 4.68 Å². The molecule has 1 aromatic rings. The molecule has 0 amide bonds. The minimum atomic E-state index is -2.91. The van der Waals surface area contributed by atoms with Gasteiger partial charge in [0, 0.05) is 6.07 Å². The Morgan fingerprint density at radius 2 is 2.15 bits per heavy atom. The fraction of sp³-hybridized carbons (Fsp3) is 0.786. The molecule has 0 saturated carbocycles. The molecule has 2 atom stereocenters. The van der Waals surface area contributed by atoms with Crippen LogP contribution < -0.4 is 5.73 Å². The maximum atomic E-state index is 11.6. The fourth-order valence-electron chi connectivity index (χ4n) is 2.44. The zero-order valence-corrected chi connectivity index (χ0v) is 13.6. The van der Waals surface area contributed by atoms with Crippen molar-refractivity contribution in [3.8, 4) is 0 Å². The molecule has 0 bridgehead atoms. The van der Waals surface area contributed by atoms with E-state index in [0.717, 1.165) is 12.1 Å². The average molecular weight is 299 g/mol. The van der Waals surface area contributed by atoms with Crippen LogP contribution in [0.25, 0.3) is 0 Å². The number of nitrogens with two attached hydrogens (primary N) is 1. The molecule has 0 spiro atoms. The lowest BCUT2D eigenvalue weighted by Gasteiger charge is -2.26. The van der Waals surface area contributed by atoms with Crippen molar-refractivity contribution < 1.29 is 8.42 Å². The number of rotatable bonds is 3. The Morgan fingerprint density at radius 1 is 1.50 bits per heavy atom. The van der Waals surface area contributed by atoms with E-state index in [9.17, 15) is 8.42 Å². The first-order chi connectivity index (χ1) is 9.08. The quantitative estimate of drug-likeness (QED) is 0.926. The predicted molar refractivity (Wildman–Crippen MR) is 81.3 cm³/mol. The Balaban J connectivity index is 2.14. The summed E-state index contributed by atoms with van der Waals surface area (Å²) in [6, 6.07) is 1.78. The van der Waals surface area contributed by atoms with Crippen molar-refractivity contribution in [2.75, 3.05) is 17.2 Å². The highest BCUT2D eigenvalue weighted by Gasteiger charge is 2.31. The first-order valence-corrected chi connectivity index (χ1v) is 8.95. The standard InChI is InChI=1S/C14H25N3O2S/c1-10(14(2,3)4)7-11-8-13(15)17(16-11)12-5-6-20(18,19)9-12/h8,10,12H,5-7,9,15H2,1-4H3. The van der Waals surface area contributed by atoms with Crippen LogP contribution in [-0.4, -0.2) is 29.7 Å². The van der Waals surface area contributed by atoms with E-state index in [1.807, 2.05) is 6.07 Å². The van der Waals surface area contributed by atoms with Crippen LogP contribution in [0.4, 0.5) is 5.82 Å². The van der Waals surface area contributed by atoms with Crippen molar-refractivity contribution in [3.63, 3.8) is 0 Å². The molecule has 2 heterocycles. The smallest absolute Gasteiger partial charge is 0.152 e. The maximum Gasteiger partial charge on any atom is 0.152 e. The van der Waals surface area contributed by atoms with Crippen molar-refractivity contribution in [2.24, 2.45) is 11.3 Å². The summed E-state index contributed by atoms with van der Waals surface area (Å²) in [5.41, 5.74) is 7.17. The molecule has 1 saturated heterocycles. The largest absolute Gasteiger partial charge is 0.384 e. The topological polar surface area (TPSA) is 78.0 Å². The Bertz CT molecular complexity index is 584. The molecule has 5 nitrogen and oxygen atoms in total. The number of sulfone groups is 1. The van der Waals surface area contributed by atoms with E-state index in [0.29, 0.717) is 18.2 Å². The first kappa shape index (κ1) is 15.4. The van der Waals surface area contributed by atoms with E-state index in [1.165, 1.54) is 0 Å². The summed E-state index contributed by atoms with van der Waals surface area (Å²) in [5, 5.41) is 4.54. The summed E-state index contributed by atoms with van der Waals surface area (Å²) in [7, 11) is -2.91. The number of hydrogen-bond donors (Lipinski definition) is 1. The highest BCUT2D eigenvalue weighted by molar-refractivity contribution is 7.91. The van der Waals surface area contributed by atoms with Crippen LogP contribution in [0.3, 0.4) is 0 Å². The molecule has 6 heteroatoms. The van der Waals surface area contributed by atoms with Crippen LogP contribution in [0.5, 0.6) is 0 Å². The van der Waals surface area contributed by atoms with Gasteiger partial charge in [-0.3, -0.25) is 0 Å². The molecule has 1 aliphatic heterocycles. The number of hydrogen-bond acceptors (Lipinski definition) is 4. The molecule has 114 valence electrons. The number of nitrogens with zero attached hydrogens (tertiary/aromatic N) is 2. The Kier molecular flexibility index (Phi) is 3.88. The first-order valence-electron chi connectivity index (χ1n) is 7.13. The van der Waals surface area contributed by atoms with Gasteiger partial charge in [-0.25, -0.2) is 13.1 Å². The van der Waals surface area contributed by atoms with E-state index in [4.69, 9.17) is 5.73 Å². The van der Waals surface area contributed by atoms with Crippen molar-refractivity contribution in [1.82, 2.24) is 9.78 Å². The maximum absolute atomic E-state index is 11.6. The summed E-state index contributed by atoms with van der Waals surface area (Å²) in [6.45, 7) is 8.83. The van der Waals surface area contributed by atoms with Crippen molar-refractivity contribution in [2.45, 2.75) is 46.6 Å². The van der Waals surface area contributed by atoms with Crippen LogP contribution >= 0.6 is 0 Å². The Hall–Kier alpha value is -1.04. The third-order valence-corrected chi connectivity index (χ3v) is 6.11. The van der Waals surface area contributed by atoms with Gasteiger partial charge in [0.05, 0.1) is 23.2 Å². The van der Waals surface area contributed by atoms with Gasteiger partial charge in [-0.05, 0) is 24.2 Å². The van der Waals surface area contributed by atoms with Crippen LogP contribution in [0.2, 0.25) is 0 Å². The van der Waals surface area contributed by atoms with Crippen molar-refractivity contribution in [1.29, 1.82) is 0 Å². The van der Waals surface area contributed by atoms with Crippen molar-refractivity contribution in [3.05, 3.63) is 11.8 Å². The molecular formula is C14H25N3O2S. The minimum absolute atomic E-state index is 0.0984. The molecule has 2 unspecified atom stereocenters. The number of anilines is 1. The van der Waals surface area contributed by atoms with Gasteiger partial charge in [-0.1, -0.05) is 27.7 Å². The van der Waals surface area contributed by atoms with Gasteiger partial charge in [0.25, 0.3) is 0 Å². The van der Waals surface area contributed by atoms with E-state index in [-0.39, 0.29) is 23.0 Å². The second-order valence-corrected chi connectivity index (χ2v) is 9.26. The molecular weight excluding hydrogens is 274 g/mol. The molecule has 2 N–H and O–H groups in total. The SMILES string of the molecule is CC(Cc1cc(N)n(C2CCS(=O)(=O)C2)n1)C(C)(C)C. The zero-order chi connectivity index (χ0) is 15.1. The molecule has 1 aliphatic rings. The summed E-state index contributed by atoms with van der Waals surface area (Å²) < 4.78 is 24.8. The van der Waals surface area contributed by atoms with Crippen molar-refractivity contribution >= 4 is 15.7 Å². The predicted octanol–water partition coefficient (Wildman–Crippen LogP) is 2.05. The lowest BCUT2D eigenvalue weighted by molar-refractivity contribution is 0.258. The van der Waals surface area contributed by atoms with Crippen LogP contribution in [0.1, 0.15) is 45.9 Å². The van der Waals surface area contributed by atoms with Gasteiger partial charge in [0.15, 0.2) is 9.84 Å². The van der Waals surface area contributed by atoms with Gasteiger partial charge < -0.3 is 5.73 Å². The van der Waals surface area contributed by atoms with Gasteiger partial charge >= 0.3 is 0 Å². The number of nitrogen functional groups attached to an aromatic ring is 1. The summed E-state index contributed by atoms with van der Waals surface area (Å²) in [5.74, 6) is 1.46. The molecule has 1 aromatic heterocycles. The summed E-state index contributed by atoms with van der Waals surface area (Å²) in [4.78, 5) is 0. The third-order valence-electron chi connectivity index (χ3n) is 4.36. The van der Waals surface area contributed by atoms with Crippen LogP contribution in [-0.2, 0) is 16.3 Å². The molecule has 20 heavy (non-hydrogen) atoms. The summed E-state index contributed by atoms with van der Waals surface area (Å²) >= 11 is 0. The zero-order valence-electron chi connectivity index (χ0n) is 12.8. The molecule has 1 fully saturated rings. The highest BCUT2D eigenvalue weighted by Crippen LogP contribution is 2.30. The monoisotopic (exact) mass is 299 g/mol. The molecule has 0 aromatic carbocycles. The third kappa shape index (κ3) is 3.34. The molecule has 2 rings (SSSR count). The minimum Gasteiger partial charge on any atom is -0.384 e.